The Bertz CT molecular complexity index is 882. The molecule has 8 heteroatoms. The molecule has 2 aromatic carbocycles. The Morgan fingerprint density at radius 1 is 1.20 bits per heavy atom. The van der Waals surface area contributed by atoms with Crippen LogP contribution in [0.4, 0.5) is 5.69 Å². The van der Waals surface area contributed by atoms with Gasteiger partial charge in [-0.15, -0.1) is 5.10 Å². The van der Waals surface area contributed by atoms with Crippen LogP contribution in [0.5, 0.6) is 5.75 Å². The number of hydrogen-bond acceptors (Lipinski definition) is 6. The second-order valence-corrected chi connectivity index (χ2v) is 5.19. The lowest BCUT2D eigenvalue weighted by Crippen LogP contribution is -2.30. The van der Waals surface area contributed by atoms with Gasteiger partial charge in [0.25, 0.3) is 5.91 Å². The summed E-state index contributed by atoms with van der Waals surface area (Å²) in [5, 5.41) is 22.5. The van der Waals surface area contributed by atoms with E-state index in [1.807, 2.05) is 6.07 Å². The molecule has 0 aliphatic carbocycles. The Hall–Kier alpha value is -3.73. The number of tetrazole rings is 1. The number of amides is 1. The van der Waals surface area contributed by atoms with Crippen molar-refractivity contribution in [2.45, 2.75) is 13.0 Å². The van der Waals surface area contributed by atoms with E-state index in [0.29, 0.717) is 17.0 Å². The van der Waals surface area contributed by atoms with Gasteiger partial charge in [-0.2, -0.15) is 5.26 Å². The fourth-order valence-electron chi connectivity index (χ4n) is 2.09. The van der Waals surface area contributed by atoms with Gasteiger partial charge in [-0.25, -0.2) is 4.68 Å². The summed E-state index contributed by atoms with van der Waals surface area (Å²) in [5.41, 5.74) is 1.92. The zero-order valence-electron chi connectivity index (χ0n) is 13.3. The van der Waals surface area contributed by atoms with Gasteiger partial charge in [0, 0.05) is 5.69 Å². The summed E-state index contributed by atoms with van der Waals surface area (Å²) in [4.78, 5) is 12.2. The first-order chi connectivity index (χ1) is 12.2. The Balaban J connectivity index is 1.60. The summed E-state index contributed by atoms with van der Waals surface area (Å²) in [5.74, 6) is 0.272. The number of nitrogens with one attached hydrogen (secondary N) is 1. The third kappa shape index (κ3) is 3.97. The number of anilines is 1. The van der Waals surface area contributed by atoms with E-state index in [4.69, 9.17) is 10.00 Å². The average molecular weight is 334 g/mol. The summed E-state index contributed by atoms with van der Waals surface area (Å²) in [6.45, 7) is 1.66. The SMILES string of the molecule is CC(Oc1ccc(-n2cnnn2)cc1)C(=O)Nc1ccc(C#N)cc1. The first-order valence-corrected chi connectivity index (χ1v) is 7.47. The lowest BCUT2D eigenvalue weighted by atomic mass is 10.2. The summed E-state index contributed by atoms with van der Waals surface area (Å²) in [6, 6.07) is 15.7. The van der Waals surface area contributed by atoms with Crippen molar-refractivity contribution in [1.29, 1.82) is 5.26 Å². The van der Waals surface area contributed by atoms with Crippen LogP contribution in [0, 0.1) is 11.3 Å². The van der Waals surface area contributed by atoms with Gasteiger partial charge in [-0.3, -0.25) is 4.79 Å². The number of benzene rings is 2. The molecular formula is C17H14N6O2. The standard InChI is InChI=1S/C17H14N6O2/c1-12(17(24)20-14-4-2-13(10-18)3-5-14)25-16-8-6-15(7-9-16)23-11-19-21-22-23/h2-9,11-12H,1H3,(H,20,24). The van der Waals surface area contributed by atoms with Crippen molar-refractivity contribution in [3.8, 4) is 17.5 Å². The Morgan fingerprint density at radius 3 is 2.52 bits per heavy atom. The van der Waals surface area contributed by atoms with Gasteiger partial charge in [0.1, 0.15) is 12.1 Å². The largest absolute Gasteiger partial charge is 0.481 e. The number of hydrogen-bond donors (Lipinski definition) is 1. The van der Waals surface area contributed by atoms with Crippen molar-refractivity contribution in [3.63, 3.8) is 0 Å². The van der Waals surface area contributed by atoms with Crippen molar-refractivity contribution in [1.82, 2.24) is 20.2 Å². The maximum absolute atomic E-state index is 12.2. The van der Waals surface area contributed by atoms with Crippen LogP contribution < -0.4 is 10.1 Å². The molecule has 0 fully saturated rings. The maximum Gasteiger partial charge on any atom is 0.265 e. The molecule has 0 saturated heterocycles. The summed E-state index contributed by atoms with van der Waals surface area (Å²) in [6.07, 6.45) is 0.804. The smallest absolute Gasteiger partial charge is 0.265 e. The van der Waals surface area contributed by atoms with E-state index in [9.17, 15) is 4.79 Å². The molecule has 0 spiro atoms. The summed E-state index contributed by atoms with van der Waals surface area (Å²) < 4.78 is 7.16. The van der Waals surface area contributed by atoms with E-state index >= 15 is 0 Å². The van der Waals surface area contributed by atoms with E-state index in [1.165, 1.54) is 11.0 Å². The van der Waals surface area contributed by atoms with Gasteiger partial charge in [-0.05, 0) is 65.9 Å². The van der Waals surface area contributed by atoms with Crippen LogP contribution in [0.3, 0.4) is 0 Å². The predicted octanol–water partition coefficient (Wildman–Crippen LogP) is 1.94. The molecule has 1 aromatic heterocycles. The lowest BCUT2D eigenvalue weighted by Gasteiger charge is -2.15. The van der Waals surface area contributed by atoms with Crippen LogP contribution in [-0.2, 0) is 4.79 Å². The van der Waals surface area contributed by atoms with Crippen LogP contribution >= 0.6 is 0 Å². The third-order valence-corrected chi connectivity index (χ3v) is 3.41. The fourth-order valence-corrected chi connectivity index (χ4v) is 2.09. The van der Waals surface area contributed by atoms with E-state index < -0.39 is 6.10 Å². The highest BCUT2D eigenvalue weighted by atomic mass is 16.5. The molecule has 25 heavy (non-hydrogen) atoms. The van der Waals surface area contributed by atoms with Gasteiger partial charge in [0.05, 0.1) is 17.3 Å². The number of ether oxygens (including phenoxy) is 1. The highest BCUT2D eigenvalue weighted by Gasteiger charge is 2.15. The van der Waals surface area contributed by atoms with Crippen molar-refractivity contribution in [2.24, 2.45) is 0 Å². The molecule has 1 N–H and O–H groups in total. The number of aromatic nitrogens is 4. The van der Waals surface area contributed by atoms with Crippen LogP contribution in [0.2, 0.25) is 0 Å². The van der Waals surface area contributed by atoms with E-state index in [0.717, 1.165) is 5.69 Å². The molecule has 0 aliphatic rings. The number of rotatable bonds is 5. The second-order valence-electron chi connectivity index (χ2n) is 5.19. The molecule has 3 rings (SSSR count). The first kappa shape index (κ1) is 16.1. The zero-order chi connectivity index (χ0) is 17.6. The van der Waals surface area contributed by atoms with Crippen molar-refractivity contribution in [2.75, 3.05) is 5.32 Å². The van der Waals surface area contributed by atoms with Gasteiger partial charge in [0.15, 0.2) is 6.10 Å². The lowest BCUT2D eigenvalue weighted by molar-refractivity contribution is -0.122. The molecule has 0 bridgehead atoms. The van der Waals surface area contributed by atoms with Gasteiger partial charge >= 0.3 is 0 Å². The van der Waals surface area contributed by atoms with E-state index in [2.05, 4.69) is 20.8 Å². The molecular weight excluding hydrogens is 320 g/mol. The highest BCUT2D eigenvalue weighted by Crippen LogP contribution is 2.16. The Morgan fingerprint density at radius 2 is 1.92 bits per heavy atom. The molecule has 0 radical (unpaired) electrons. The predicted molar refractivity (Wildman–Crippen MR) is 89.0 cm³/mol. The summed E-state index contributed by atoms with van der Waals surface area (Å²) >= 11 is 0. The normalized spacial score (nSPS) is 11.4. The van der Waals surface area contributed by atoms with Crippen molar-refractivity contribution in [3.05, 3.63) is 60.4 Å². The Kier molecular flexibility index (Phi) is 4.67. The maximum atomic E-state index is 12.2. The minimum atomic E-state index is -0.686. The number of carbonyl (C=O) groups excluding carboxylic acids is 1. The number of nitrogens with zero attached hydrogens (tertiary/aromatic N) is 5. The minimum Gasteiger partial charge on any atom is -0.481 e. The van der Waals surface area contributed by atoms with Crippen LogP contribution in [0.1, 0.15) is 12.5 Å². The van der Waals surface area contributed by atoms with Gasteiger partial charge in [0.2, 0.25) is 0 Å². The molecule has 3 aromatic rings. The molecule has 0 saturated carbocycles. The average Bonchev–Trinajstić information content (AvgIpc) is 3.17. The third-order valence-electron chi connectivity index (χ3n) is 3.41. The topological polar surface area (TPSA) is 106 Å². The molecule has 1 atom stereocenters. The van der Waals surface area contributed by atoms with Crippen molar-refractivity contribution < 1.29 is 9.53 Å². The van der Waals surface area contributed by atoms with Gasteiger partial charge < -0.3 is 10.1 Å². The molecule has 1 unspecified atom stereocenters. The molecule has 1 heterocycles. The molecule has 1 amide bonds. The molecule has 8 nitrogen and oxygen atoms in total. The molecule has 0 aliphatic heterocycles. The van der Waals surface area contributed by atoms with Crippen LogP contribution in [-0.4, -0.2) is 32.2 Å². The zero-order valence-corrected chi connectivity index (χ0v) is 13.3. The minimum absolute atomic E-state index is 0.283. The quantitative estimate of drug-likeness (QED) is 0.764. The van der Waals surface area contributed by atoms with E-state index in [-0.39, 0.29) is 5.91 Å². The van der Waals surface area contributed by atoms with Crippen LogP contribution in [0.25, 0.3) is 5.69 Å². The first-order valence-electron chi connectivity index (χ1n) is 7.47. The number of nitriles is 1. The highest BCUT2D eigenvalue weighted by molar-refractivity contribution is 5.94. The fraction of sp³-hybridized carbons (Fsp3) is 0.118. The van der Waals surface area contributed by atoms with Crippen molar-refractivity contribution >= 4 is 11.6 Å². The number of carbonyl (C=O) groups is 1. The van der Waals surface area contributed by atoms with Gasteiger partial charge in [-0.1, -0.05) is 0 Å². The van der Waals surface area contributed by atoms with Crippen LogP contribution in [0.15, 0.2) is 54.9 Å². The summed E-state index contributed by atoms with van der Waals surface area (Å²) in [7, 11) is 0. The van der Waals surface area contributed by atoms with E-state index in [1.54, 1.807) is 55.5 Å². The molecule has 124 valence electrons. The Labute approximate surface area is 143 Å². The second kappa shape index (κ2) is 7.23. The monoisotopic (exact) mass is 334 g/mol.